The quantitative estimate of drug-likeness (QED) is 0.756. The lowest BCUT2D eigenvalue weighted by atomic mass is 10.0. The first-order valence-corrected chi connectivity index (χ1v) is 4.77. The van der Waals surface area contributed by atoms with Crippen molar-refractivity contribution in [2.24, 2.45) is 5.73 Å². The number of hydrogen-bond donors (Lipinski definition) is 2. The fourth-order valence-corrected chi connectivity index (χ4v) is 1.58. The summed E-state index contributed by atoms with van der Waals surface area (Å²) in [7, 11) is 0. The zero-order valence-electron chi connectivity index (χ0n) is 8.18. The average molecular weight is 195 g/mol. The van der Waals surface area contributed by atoms with Gasteiger partial charge in [-0.1, -0.05) is 0 Å². The van der Waals surface area contributed by atoms with E-state index >= 15 is 0 Å². The Bertz CT molecular complexity index is 372. The van der Waals surface area contributed by atoms with Crippen LogP contribution in [0.1, 0.15) is 24.0 Å². The third-order valence-electron chi connectivity index (χ3n) is 2.80. The largest absolute Gasteiger partial charge is 0.508 e. The summed E-state index contributed by atoms with van der Waals surface area (Å²) in [5.74, 6) is -0.349. The molecule has 1 saturated carbocycles. The predicted octanol–water partition coefficient (Wildman–Crippen LogP) is 1.87. The van der Waals surface area contributed by atoms with Crippen LogP contribution in [0.15, 0.2) is 12.1 Å². The molecule has 0 heterocycles. The van der Waals surface area contributed by atoms with Crippen LogP contribution in [-0.2, 0) is 6.42 Å². The summed E-state index contributed by atoms with van der Waals surface area (Å²) in [4.78, 5) is 0. The Morgan fingerprint density at radius 3 is 2.71 bits per heavy atom. The van der Waals surface area contributed by atoms with E-state index in [-0.39, 0.29) is 17.1 Å². The van der Waals surface area contributed by atoms with Crippen LogP contribution >= 0.6 is 0 Å². The first kappa shape index (κ1) is 9.46. The molecule has 0 saturated heterocycles. The summed E-state index contributed by atoms with van der Waals surface area (Å²) in [6, 6.07) is 2.84. The summed E-state index contributed by atoms with van der Waals surface area (Å²) >= 11 is 0. The molecule has 2 rings (SSSR count). The third kappa shape index (κ3) is 1.73. The van der Waals surface area contributed by atoms with Crippen LogP contribution in [0.4, 0.5) is 4.39 Å². The third-order valence-corrected chi connectivity index (χ3v) is 2.80. The molecule has 0 aromatic heterocycles. The molecule has 0 bridgehead atoms. The molecular formula is C11H14FNO. The van der Waals surface area contributed by atoms with Gasteiger partial charge >= 0.3 is 0 Å². The molecule has 0 amide bonds. The fraction of sp³-hybridized carbons (Fsp3) is 0.455. The van der Waals surface area contributed by atoms with Crippen molar-refractivity contribution in [3.05, 3.63) is 29.1 Å². The molecule has 3 heteroatoms. The number of hydrogen-bond acceptors (Lipinski definition) is 2. The monoisotopic (exact) mass is 195 g/mol. The van der Waals surface area contributed by atoms with Gasteiger partial charge in [0.25, 0.3) is 0 Å². The number of phenolic OH excluding ortho intramolecular Hbond substituents is 1. The second-order valence-corrected chi connectivity index (χ2v) is 4.27. The zero-order chi connectivity index (χ0) is 10.3. The number of phenols is 1. The Kier molecular flexibility index (Phi) is 2.00. The molecule has 1 aliphatic rings. The van der Waals surface area contributed by atoms with Crippen LogP contribution in [0.2, 0.25) is 0 Å². The molecule has 0 spiro atoms. The van der Waals surface area contributed by atoms with Crippen LogP contribution in [-0.4, -0.2) is 10.6 Å². The zero-order valence-corrected chi connectivity index (χ0v) is 8.18. The van der Waals surface area contributed by atoms with Crippen molar-refractivity contribution in [1.29, 1.82) is 0 Å². The highest BCUT2D eigenvalue weighted by Gasteiger charge is 2.38. The minimum Gasteiger partial charge on any atom is -0.508 e. The van der Waals surface area contributed by atoms with Gasteiger partial charge in [-0.3, -0.25) is 0 Å². The predicted molar refractivity (Wildman–Crippen MR) is 52.7 cm³/mol. The van der Waals surface area contributed by atoms with E-state index in [1.54, 1.807) is 13.0 Å². The van der Waals surface area contributed by atoms with Gasteiger partial charge in [0.1, 0.15) is 11.6 Å². The van der Waals surface area contributed by atoms with Crippen molar-refractivity contribution in [2.75, 3.05) is 0 Å². The average Bonchev–Trinajstić information content (AvgIpc) is 2.80. The fourth-order valence-electron chi connectivity index (χ4n) is 1.58. The molecule has 0 unspecified atom stereocenters. The van der Waals surface area contributed by atoms with Crippen LogP contribution in [0.5, 0.6) is 5.75 Å². The molecule has 1 aromatic carbocycles. The van der Waals surface area contributed by atoms with Crippen LogP contribution in [0.25, 0.3) is 0 Å². The highest BCUT2D eigenvalue weighted by molar-refractivity contribution is 5.37. The molecule has 0 atom stereocenters. The Hall–Kier alpha value is -1.09. The number of aryl methyl sites for hydroxylation is 1. The smallest absolute Gasteiger partial charge is 0.130 e. The second-order valence-electron chi connectivity index (χ2n) is 4.27. The van der Waals surface area contributed by atoms with E-state index in [1.807, 2.05) is 0 Å². The second kappa shape index (κ2) is 2.95. The van der Waals surface area contributed by atoms with E-state index in [0.717, 1.165) is 18.9 Å². The van der Waals surface area contributed by atoms with Crippen molar-refractivity contribution in [1.82, 2.24) is 0 Å². The molecule has 1 fully saturated rings. The van der Waals surface area contributed by atoms with Crippen LogP contribution in [0, 0.1) is 12.7 Å². The summed E-state index contributed by atoms with van der Waals surface area (Å²) < 4.78 is 13.4. The van der Waals surface area contributed by atoms with Gasteiger partial charge in [0.05, 0.1) is 0 Å². The van der Waals surface area contributed by atoms with Crippen molar-refractivity contribution >= 4 is 0 Å². The van der Waals surface area contributed by atoms with Gasteiger partial charge in [-0.15, -0.1) is 0 Å². The van der Waals surface area contributed by atoms with E-state index < -0.39 is 0 Å². The first-order valence-electron chi connectivity index (χ1n) is 4.77. The lowest BCUT2D eigenvalue weighted by Crippen LogP contribution is -2.25. The first-order chi connectivity index (χ1) is 6.50. The van der Waals surface area contributed by atoms with Gasteiger partial charge in [-0.05, 0) is 43.4 Å². The van der Waals surface area contributed by atoms with Gasteiger partial charge in [0.15, 0.2) is 0 Å². The summed E-state index contributed by atoms with van der Waals surface area (Å²) in [5, 5.41) is 9.27. The number of aromatic hydroxyl groups is 1. The lowest BCUT2D eigenvalue weighted by Gasteiger charge is -2.10. The molecule has 0 radical (unpaired) electrons. The van der Waals surface area contributed by atoms with Crippen molar-refractivity contribution in [3.8, 4) is 5.75 Å². The highest BCUT2D eigenvalue weighted by atomic mass is 19.1. The summed E-state index contributed by atoms with van der Waals surface area (Å²) in [6.45, 7) is 1.76. The van der Waals surface area contributed by atoms with Crippen molar-refractivity contribution < 1.29 is 9.50 Å². The maximum absolute atomic E-state index is 13.4. The van der Waals surface area contributed by atoms with Gasteiger partial charge in [0.2, 0.25) is 0 Å². The number of benzene rings is 1. The Labute approximate surface area is 82.5 Å². The van der Waals surface area contributed by atoms with Gasteiger partial charge < -0.3 is 10.8 Å². The van der Waals surface area contributed by atoms with Gasteiger partial charge in [-0.25, -0.2) is 4.39 Å². The minimum atomic E-state index is -0.357. The van der Waals surface area contributed by atoms with E-state index in [4.69, 9.17) is 5.73 Å². The molecule has 76 valence electrons. The molecule has 1 aliphatic carbocycles. The van der Waals surface area contributed by atoms with Crippen molar-refractivity contribution in [3.63, 3.8) is 0 Å². The van der Waals surface area contributed by atoms with E-state index in [2.05, 4.69) is 0 Å². The SMILES string of the molecule is Cc1cc(CC2(N)CC2)c(F)cc1O. The maximum atomic E-state index is 13.4. The van der Waals surface area contributed by atoms with Gasteiger partial charge in [-0.2, -0.15) is 0 Å². The molecule has 3 N–H and O–H groups in total. The highest BCUT2D eigenvalue weighted by Crippen LogP contribution is 2.36. The number of rotatable bonds is 2. The number of nitrogens with two attached hydrogens (primary N) is 1. The van der Waals surface area contributed by atoms with Crippen LogP contribution < -0.4 is 5.73 Å². The summed E-state index contributed by atoms with van der Waals surface area (Å²) in [6.07, 6.45) is 2.50. The summed E-state index contributed by atoms with van der Waals surface area (Å²) in [5.41, 5.74) is 7.03. The Morgan fingerprint density at radius 2 is 2.14 bits per heavy atom. The van der Waals surface area contributed by atoms with E-state index in [9.17, 15) is 9.50 Å². The molecule has 2 nitrogen and oxygen atoms in total. The molecular weight excluding hydrogens is 181 g/mol. The van der Waals surface area contributed by atoms with E-state index in [0.29, 0.717) is 17.5 Å². The molecule has 1 aromatic rings. The van der Waals surface area contributed by atoms with Gasteiger partial charge in [0, 0.05) is 11.6 Å². The molecule has 0 aliphatic heterocycles. The molecule has 14 heavy (non-hydrogen) atoms. The van der Waals surface area contributed by atoms with E-state index in [1.165, 1.54) is 0 Å². The normalized spacial score (nSPS) is 18.2. The Balaban J connectivity index is 2.29. The van der Waals surface area contributed by atoms with Crippen LogP contribution in [0.3, 0.4) is 0 Å². The topological polar surface area (TPSA) is 46.2 Å². The standard InChI is InChI=1S/C11H14FNO/c1-7-4-8(6-11(13)2-3-11)9(12)5-10(7)14/h4-5,14H,2-3,6,13H2,1H3. The van der Waals surface area contributed by atoms with Crippen molar-refractivity contribution in [2.45, 2.75) is 31.7 Å². The maximum Gasteiger partial charge on any atom is 0.130 e. The lowest BCUT2D eigenvalue weighted by molar-refractivity contribution is 0.462. The Morgan fingerprint density at radius 1 is 1.50 bits per heavy atom. The number of halogens is 1. The minimum absolute atomic E-state index is 0.00752.